The second-order valence-electron chi connectivity index (χ2n) is 7.69. The lowest BCUT2D eigenvalue weighted by Gasteiger charge is -2.24. The van der Waals surface area contributed by atoms with E-state index in [-0.39, 0.29) is 11.3 Å². The maximum Gasteiger partial charge on any atom is 0.301 e. The number of hydrogen-bond donors (Lipinski definition) is 1. The van der Waals surface area contributed by atoms with Gasteiger partial charge in [0.25, 0.3) is 5.78 Å². The van der Waals surface area contributed by atoms with E-state index in [0.717, 1.165) is 12.8 Å². The summed E-state index contributed by atoms with van der Waals surface area (Å²) in [5.74, 6) is -0.625. The van der Waals surface area contributed by atoms with E-state index >= 15 is 0 Å². The summed E-state index contributed by atoms with van der Waals surface area (Å²) >= 11 is 1.25. The van der Waals surface area contributed by atoms with Crippen LogP contribution in [0.4, 0.5) is 5.13 Å². The molecule has 1 unspecified atom stereocenters. The summed E-state index contributed by atoms with van der Waals surface area (Å²) in [6, 6.07) is 13.2. The van der Waals surface area contributed by atoms with Crippen LogP contribution in [0.5, 0.6) is 11.5 Å². The number of aliphatic hydroxyl groups is 1. The van der Waals surface area contributed by atoms with E-state index < -0.39 is 17.7 Å². The van der Waals surface area contributed by atoms with Crippen LogP contribution in [0.1, 0.15) is 43.9 Å². The van der Waals surface area contributed by atoms with Gasteiger partial charge >= 0.3 is 5.91 Å². The van der Waals surface area contributed by atoms with Crippen LogP contribution >= 0.6 is 11.3 Å². The molecule has 8 heteroatoms. The van der Waals surface area contributed by atoms with Crippen LogP contribution in [0, 0.1) is 0 Å². The number of thiazole rings is 1. The number of hydrogen-bond acceptors (Lipinski definition) is 7. The van der Waals surface area contributed by atoms with Crippen LogP contribution in [-0.4, -0.2) is 35.0 Å². The summed E-state index contributed by atoms with van der Waals surface area (Å²) in [6.07, 6.45) is 3.49. The highest BCUT2D eigenvalue weighted by atomic mass is 32.1. The molecule has 0 saturated carbocycles. The van der Waals surface area contributed by atoms with Crippen LogP contribution in [0.15, 0.2) is 65.7 Å². The highest BCUT2D eigenvalue weighted by molar-refractivity contribution is 7.14. The lowest BCUT2D eigenvalue weighted by Crippen LogP contribution is -2.29. The van der Waals surface area contributed by atoms with Gasteiger partial charge in [-0.15, -0.1) is 11.3 Å². The van der Waals surface area contributed by atoms with Crippen molar-refractivity contribution in [2.24, 2.45) is 0 Å². The molecule has 4 rings (SSSR count). The number of Topliss-reactive ketones (excluding diaryl/α,β-unsaturated/α-hetero) is 1. The SMILES string of the molecule is CCCCOc1ccc(C2/C(=C(\O)c3ccccc3)C(=O)C(=O)N2c2nccs2)cc1OCC. The molecular formula is C26H26N2O5S. The third-order valence-corrected chi connectivity index (χ3v) is 6.23. The number of carbonyl (C=O) groups excluding carboxylic acids is 2. The molecule has 1 saturated heterocycles. The van der Waals surface area contributed by atoms with Crippen LogP contribution in [0.2, 0.25) is 0 Å². The molecule has 2 heterocycles. The zero-order valence-corrected chi connectivity index (χ0v) is 19.9. The van der Waals surface area contributed by atoms with E-state index in [1.54, 1.807) is 54.0 Å². The quantitative estimate of drug-likeness (QED) is 0.193. The molecule has 2 aromatic carbocycles. The zero-order chi connectivity index (χ0) is 24.1. The minimum absolute atomic E-state index is 0.00787. The Kier molecular flexibility index (Phi) is 7.27. The van der Waals surface area contributed by atoms with Crippen molar-refractivity contribution in [1.82, 2.24) is 4.98 Å². The number of rotatable bonds is 9. The molecule has 1 amide bonds. The van der Waals surface area contributed by atoms with Gasteiger partial charge in [-0.05, 0) is 31.0 Å². The molecule has 1 aromatic heterocycles. The molecule has 1 N–H and O–H groups in total. The second-order valence-corrected chi connectivity index (χ2v) is 8.56. The van der Waals surface area contributed by atoms with Crippen molar-refractivity contribution >= 4 is 33.9 Å². The van der Waals surface area contributed by atoms with Gasteiger partial charge < -0.3 is 14.6 Å². The van der Waals surface area contributed by atoms with Crippen molar-refractivity contribution in [2.75, 3.05) is 18.1 Å². The number of anilines is 1. The van der Waals surface area contributed by atoms with Gasteiger partial charge in [-0.3, -0.25) is 14.5 Å². The largest absolute Gasteiger partial charge is 0.507 e. The number of aromatic nitrogens is 1. The molecule has 1 aliphatic heterocycles. The lowest BCUT2D eigenvalue weighted by atomic mass is 9.95. The van der Waals surface area contributed by atoms with Gasteiger partial charge in [0.05, 0.1) is 24.8 Å². The van der Waals surface area contributed by atoms with Gasteiger partial charge in [0, 0.05) is 17.1 Å². The maximum atomic E-state index is 13.2. The van der Waals surface area contributed by atoms with Crippen molar-refractivity contribution in [3.8, 4) is 11.5 Å². The molecule has 1 aliphatic rings. The molecule has 1 atom stereocenters. The first kappa shape index (κ1) is 23.5. The highest BCUT2D eigenvalue weighted by Crippen LogP contribution is 2.44. The molecular weight excluding hydrogens is 452 g/mol. The Morgan fingerprint density at radius 2 is 1.88 bits per heavy atom. The first-order valence-electron chi connectivity index (χ1n) is 11.2. The fourth-order valence-corrected chi connectivity index (χ4v) is 4.51. The van der Waals surface area contributed by atoms with Crippen molar-refractivity contribution in [1.29, 1.82) is 0 Å². The normalized spacial score (nSPS) is 17.2. The van der Waals surface area contributed by atoms with Crippen molar-refractivity contribution in [3.63, 3.8) is 0 Å². The Morgan fingerprint density at radius 1 is 1.09 bits per heavy atom. The number of carbonyl (C=O) groups is 2. The smallest absolute Gasteiger partial charge is 0.301 e. The van der Waals surface area contributed by atoms with Gasteiger partial charge in [-0.2, -0.15) is 0 Å². The van der Waals surface area contributed by atoms with E-state index in [1.165, 1.54) is 16.2 Å². The van der Waals surface area contributed by atoms with Crippen LogP contribution in [0.25, 0.3) is 5.76 Å². The lowest BCUT2D eigenvalue weighted by molar-refractivity contribution is -0.132. The number of benzene rings is 2. The molecule has 7 nitrogen and oxygen atoms in total. The van der Waals surface area contributed by atoms with Gasteiger partial charge in [0.1, 0.15) is 5.76 Å². The maximum absolute atomic E-state index is 13.2. The number of ether oxygens (including phenoxy) is 2. The Hall–Kier alpha value is -3.65. The van der Waals surface area contributed by atoms with Crippen LogP contribution in [0.3, 0.4) is 0 Å². The summed E-state index contributed by atoms with van der Waals surface area (Å²) in [6.45, 7) is 4.94. The Labute approximate surface area is 202 Å². The average Bonchev–Trinajstić information content (AvgIpc) is 3.47. The number of nitrogens with zero attached hydrogens (tertiary/aromatic N) is 2. The first-order chi connectivity index (χ1) is 16.6. The third-order valence-electron chi connectivity index (χ3n) is 5.46. The van der Waals surface area contributed by atoms with Gasteiger partial charge in [-0.25, -0.2) is 4.98 Å². The summed E-state index contributed by atoms with van der Waals surface area (Å²) in [5, 5.41) is 13.2. The molecule has 0 bridgehead atoms. The molecule has 3 aromatic rings. The van der Waals surface area contributed by atoms with Gasteiger partial charge in [-0.1, -0.05) is 49.7 Å². The van der Waals surface area contributed by atoms with Crippen molar-refractivity contribution in [3.05, 3.63) is 76.8 Å². The van der Waals surface area contributed by atoms with E-state index in [4.69, 9.17) is 9.47 Å². The standard InChI is InChI=1S/C26H26N2O5S/c1-3-5-14-33-19-12-11-18(16-20(19)32-4-2)22-21(23(29)17-9-7-6-8-10-17)24(30)25(31)28(22)26-27-13-15-34-26/h6-13,15-16,22,29H,3-5,14H2,1-2H3/b23-21+. The predicted octanol–water partition coefficient (Wildman–Crippen LogP) is 5.35. The summed E-state index contributed by atoms with van der Waals surface area (Å²) in [7, 11) is 0. The van der Waals surface area contributed by atoms with E-state index in [2.05, 4.69) is 11.9 Å². The average molecular weight is 479 g/mol. The summed E-state index contributed by atoms with van der Waals surface area (Å²) in [5.41, 5.74) is 1.07. The van der Waals surface area contributed by atoms with E-state index in [1.807, 2.05) is 13.0 Å². The fourth-order valence-electron chi connectivity index (χ4n) is 3.84. The van der Waals surface area contributed by atoms with Crippen LogP contribution < -0.4 is 14.4 Å². The zero-order valence-electron chi connectivity index (χ0n) is 19.1. The Balaban J connectivity index is 1.86. The Morgan fingerprint density at radius 3 is 2.56 bits per heavy atom. The summed E-state index contributed by atoms with van der Waals surface area (Å²) < 4.78 is 11.7. The first-order valence-corrected chi connectivity index (χ1v) is 12.1. The predicted molar refractivity (Wildman–Crippen MR) is 131 cm³/mol. The Bertz CT molecular complexity index is 1190. The van der Waals surface area contributed by atoms with E-state index in [9.17, 15) is 14.7 Å². The van der Waals surface area contributed by atoms with Gasteiger partial charge in [0.2, 0.25) is 0 Å². The highest BCUT2D eigenvalue weighted by Gasteiger charge is 2.48. The van der Waals surface area contributed by atoms with Gasteiger partial charge in [0.15, 0.2) is 16.6 Å². The van der Waals surface area contributed by atoms with E-state index in [0.29, 0.717) is 41.0 Å². The molecule has 1 fully saturated rings. The van der Waals surface area contributed by atoms with Crippen LogP contribution in [-0.2, 0) is 9.59 Å². The minimum atomic E-state index is -0.866. The van der Waals surface area contributed by atoms with Crippen molar-refractivity contribution < 1.29 is 24.2 Å². The second kappa shape index (κ2) is 10.5. The minimum Gasteiger partial charge on any atom is -0.507 e. The van der Waals surface area contributed by atoms with Crippen molar-refractivity contribution in [2.45, 2.75) is 32.7 Å². The summed E-state index contributed by atoms with van der Waals surface area (Å²) in [4.78, 5) is 31.9. The third kappa shape index (κ3) is 4.54. The monoisotopic (exact) mass is 478 g/mol. The molecule has 0 radical (unpaired) electrons. The number of aliphatic hydroxyl groups excluding tert-OH is 1. The fraction of sp³-hybridized carbons (Fsp3) is 0.269. The molecule has 176 valence electrons. The molecule has 0 spiro atoms. The molecule has 0 aliphatic carbocycles. The number of ketones is 1. The topological polar surface area (TPSA) is 89.0 Å². The molecule has 34 heavy (non-hydrogen) atoms. The number of amides is 1. The number of unbranched alkanes of at least 4 members (excludes halogenated alkanes) is 1.